The van der Waals surface area contributed by atoms with E-state index in [9.17, 15) is 9.59 Å². The van der Waals surface area contributed by atoms with Gasteiger partial charge in [0.25, 0.3) is 5.56 Å². The first kappa shape index (κ1) is 21.8. The van der Waals surface area contributed by atoms with Crippen molar-refractivity contribution in [3.63, 3.8) is 0 Å². The molecule has 0 saturated carbocycles. The Balaban J connectivity index is 2.04. The van der Waals surface area contributed by atoms with Gasteiger partial charge in [-0.1, -0.05) is 72.3 Å². The van der Waals surface area contributed by atoms with Gasteiger partial charge in [0, 0.05) is 22.0 Å². The number of aromatic nitrogens is 1. The first-order chi connectivity index (χ1) is 15.4. The quantitative estimate of drug-likeness (QED) is 0.244. The molecule has 0 bridgehead atoms. The van der Waals surface area contributed by atoms with Crippen LogP contribution in [0.2, 0.25) is 5.02 Å². The highest BCUT2D eigenvalue weighted by atomic mass is 35.5. The fourth-order valence-electron chi connectivity index (χ4n) is 4.06. The number of aryl methyl sites for hydroxylation is 1. The third-order valence-corrected chi connectivity index (χ3v) is 5.83. The molecule has 0 fully saturated rings. The summed E-state index contributed by atoms with van der Waals surface area (Å²) < 4.78 is 1.67. The molecular weight excluding hydrogens is 418 g/mol. The largest absolute Gasteiger partial charge is 0.305 e. The van der Waals surface area contributed by atoms with E-state index in [-0.39, 0.29) is 22.9 Å². The number of halogens is 1. The zero-order valence-electron chi connectivity index (χ0n) is 18.3. The summed E-state index contributed by atoms with van der Waals surface area (Å²) in [4.78, 5) is 27.2. The fraction of sp³-hybridized carbons (Fsp3) is 0.143. The van der Waals surface area contributed by atoms with E-state index in [1.807, 2.05) is 87.5 Å². The molecule has 160 valence electrons. The molecule has 1 heterocycles. The average Bonchev–Trinajstić information content (AvgIpc) is 2.78. The van der Waals surface area contributed by atoms with Crippen molar-refractivity contribution in [2.45, 2.75) is 26.8 Å². The number of rotatable bonds is 5. The molecule has 0 N–H and O–H groups in total. The molecule has 4 rings (SSSR count). The summed E-state index contributed by atoms with van der Waals surface area (Å²) >= 11 is 6.35. The van der Waals surface area contributed by atoms with Crippen LogP contribution in [0.5, 0.6) is 0 Å². The van der Waals surface area contributed by atoms with E-state index in [0.29, 0.717) is 10.6 Å². The van der Waals surface area contributed by atoms with Gasteiger partial charge in [0.15, 0.2) is 5.78 Å². The molecule has 0 atom stereocenters. The van der Waals surface area contributed by atoms with E-state index in [0.717, 1.165) is 27.6 Å². The maximum absolute atomic E-state index is 13.7. The molecule has 0 aliphatic rings. The number of fused-ring (bicyclic) bond motifs is 1. The second-order valence-corrected chi connectivity index (χ2v) is 8.54. The molecule has 32 heavy (non-hydrogen) atoms. The van der Waals surface area contributed by atoms with Crippen molar-refractivity contribution >= 4 is 34.4 Å². The van der Waals surface area contributed by atoms with Crippen molar-refractivity contribution in [2.24, 2.45) is 0 Å². The van der Waals surface area contributed by atoms with E-state index in [4.69, 9.17) is 11.6 Å². The van der Waals surface area contributed by atoms with Gasteiger partial charge in [0.05, 0.1) is 11.1 Å². The third kappa shape index (κ3) is 4.04. The summed E-state index contributed by atoms with van der Waals surface area (Å²) in [7, 11) is 0. The number of hydrogen-bond donors (Lipinski definition) is 0. The number of carbonyl (C=O) groups is 1. The number of pyridine rings is 1. The minimum Gasteiger partial charge on any atom is -0.305 e. The molecule has 0 aliphatic carbocycles. The van der Waals surface area contributed by atoms with Crippen LogP contribution >= 0.6 is 11.6 Å². The molecule has 0 aliphatic heterocycles. The first-order valence-electron chi connectivity index (χ1n) is 10.6. The maximum atomic E-state index is 13.7. The second kappa shape index (κ2) is 8.97. The van der Waals surface area contributed by atoms with Gasteiger partial charge in [0.1, 0.15) is 0 Å². The molecule has 4 heteroatoms. The van der Waals surface area contributed by atoms with Gasteiger partial charge < -0.3 is 4.57 Å². The lowest BCUT2D eigenvalue weighted by Gasteiger charge is -2.20. The van der Waals surface area contributed by atoms with Crippen LogP contribution < -0.4 is 5.56 Å². The van der Waals surface area contributed by atoms with Gasteiger partial charge in [-0.05, 0) is 61.7 Å². The topological polar surface area (TPSA) is 39.1 Å². The van der Waals surface area contributed by atoms with Crippen LogP contribution in [-0.4, -0.2) is 10.4 Å². The second-order valence-electron chi connectivity index (χ2n) is 8.10. The summed E-state index contributed by atoms with van der Waals surface area (Å²) in [6, 6.07) is 22.7. The molecular formula is C28H24ClNO2. The predicted octanol–water partition coefficient (Wildman–Crippen LogP) is 7.11. The number of hydrogen-bond acceptors (Lipinski definition) is 2. The van der Waals surface area contributed by atoms with Crippen molar-refractivity contribution < 1.29 is 4.79 Å². The minimum atomic E-state index is -0.326. The van der Waals surface area contributed by atoms with E-state index in [1.54, 1.807) is 16.7 Å². The van der Waals surface area contributed by atoms with Crippen LogP contribution in [0.15, 0.2) is 83.7 Å². The highest BCUT2D eigenvalue weighted by Crippen LogP contribution is 2.33. The highest BCUT2D eigenvalue weighted by molar-refractivity contribution is 6.31. The minimum absolute atomic E-state index is 0.122. The Morgan fingerprint density at radius 1 is 0.969 bits per heavy atom. The SMILES string of the molecule is Cc1ccccc1/C=C\C(=O)c1c(-c2ccccc2)c2cc(Cl)ccc2n(C(C)C)c1=O. The van der Waals surface area contributed by atoms with Gasteiger partial charge in [0.2, 0.25) is 0 Å². The molecule has 0 saturated heterocycles. The number of ketones is 1. The number of carbonyl (C=O) groups excluding carboxylic acids is 1. The lowest BCUT2D eigenvalue weighted by atomic mass is 9.93. The first-order valence-corrected chi connectivity index (χ1v) is 11.0. The van der Waals surface area contributed by atoms with Gasteiger partial charge >= 0.3 is 0 Å². The zero-order chi connectivity index (χ0) is 22.8. The molecule has 3 aromatic carbocycles. The van der Waals surface area contributed by atoms with Crippen LogP contribution in [0, 0.1) is 6.92 Å². The summed E-state index contributed by atoms with van der Waals surface area (Å²) in [6.45, 7) is 5.87. The van der Waals surface area contributed by atoms with Crippen LogP contribution in [-0.2, 0) is 0 Å². The molecule has 0 unspecified atom stereocenters. The number of nitrogens with zero attached hydrogens (tertiary/aromatic N) is 1. The van der Waals surface area contributed by atoms with Gasteiger partial charge in [-0.3, -0.25) is 9.59 Å². The smallest absolute Gasteiger partial charge is 0.263 e. The predicted molar refractivity (Wildman–Crippen MR) is 134 cm³/mol. The van der Waals surface area contributed by atoms with E-state index in [2.05, 4.69) is 0 Å². The number of allylic oxidation sites excluding steroid dienone is 1. The molecule has 0 spiro atoms. The Labute approximate surface area is 192 Å². The third-order valence-electron chi connectivity index (χ3n) is 5.60. The van der Waals surface area contributed by atoms with Crippen LogP contribution in [0.3, 0.4) is 0 Å². The monoisotopic (exact) mass is 441 g/mol. The summed E-state index contributed by atoms with van der Waals surface area (Å²) in [6.07, 6.45) is 3.26. The standard InChI is InChI=1S/C28H24ClNO2/c1-18(2)30-24-15-14-22(29)17-23(24)26(21-11-5-4-6-12-21)27(28(30)32)25(31)16-13-20-10-8-7-9-19(20)3/h4-18H,1-3H3/b16-13-. The Hall–Kier alpha value is -3.43. The van der Waals surface area contributed by atoms with E-state index < -0.39 is 0 Å². The Bertz CT molecular complexity index is 1400. The number of benzene rings is 3. The van der Waals surface area contributed by atoms with Gasteiger partial charge in [-0.15, -0.1) is 0 Å². The molecule has 0 amide bonds. The van der Waals surface area contributed by atoms with Gasteiger partial charge in [-0.2, -0.15) is 0 Å². The highest BCUT2D eigenvalue weighted by Gasteiger charge is 2.23. The van der Waals surface area contributed by atoms with Crippen LogP contribution in [0.4, 0.5) is 0 Å². The Kier molecular flexibility index (Phi) is 6.11. The summed E-state index contributed by atoms with van der Waals surface area (Å²) in [5, 5.41) is 1.34. The van der Waals surface area contributed by atoms with Crippen LogP contribution in [0.1, 0.15) is 41.4 Å². The lowest BCUT2D eigenvalue weighted by molar-refractivity contribution is 0.104. The molecule has 1 aromatic heterocycles. The fourth-order valence-corrected chi connectivity index (χ4v) is 4.23. The van der Waals surface area contributed by atoms with Crippen molar-refractivity contribution in [1.29, 1.82) is 0 Å². The van der Waals surface area contributed by atoms with E-state index in [1.165, 1.54) is 6.08 Å². The van der Waals surface area contributed by atoms with Crippen molar-refractivity contribution in [3.8, 4) is 11.1 Å². The molecule has 3 nitrogen and oxygen atoms in total. The maximum Gasteiger partial charge on any atom is 0.263 e. The summed E-state index contributed by atoms with van der Waals surface area (Å²) in [5.41, 5.74) is 4.04. The Morgan fingerprint density at radius 2 is 1.66 bits per heavy atom. The van der Waals surface area contributed by atoms with Crippen molar-refractivity contribution in [2.75, 3.05) is 0 Å². The van der Waals surface area contributed by atoms with Crippen LogP contribution in [0.25, 0.3) is 28.1 Å². The lowest BCUT2D eigenvalue weighted by Crippen LogP contribution is -2.29. The van der Waals surface area contributed by atoms with Crippen molar-refractivity contribution in [3.05, 3.63) is 111 Å². The van der Waals surface area contributed by atoms with Gasteiger partial charge in [-0.25, -0.2) is 0 Å². The normalized spacial score (nSPS) is 11.5. The van der Waals surface area contributed by atoms with Crippen molar-refractivity contribution in [1.82, 2.24) is 4.57 Å². The van der Waals surface area contributed by atoms with E-state index >= 15 is 0 Å². The summed E-state index contributed by atoms with van der Waals surface area (Å²) in [5.74, 6) is -0.326. The molecule has 4 aromatic rings. The average molecular weight is 442 g/mol. The molecule has 0 radical (unpaired) electrons. The zero-order valence-corrected chi connectivity index (χ0v) is 19.1. The Morgan fingerprint density at radius 3 is 2.34 bits per heavy atom.